The maximum absolute atomic E-state index is 12.1. The van der Waals surface area contributed by atoms with E-state index < -0.39 is 0 Å². The van der Waals surface area contributed by atoms with Crippen LogP contribution in [-0.4, -0.2) is 30.3 Å². The smallest absolute Gasteiger partial charge is 0.223 e. The highest BCUT2D eigenvalue weighted by Gasteiger charge is 2.28. The molecule has 1 atom stereocenters. The van der Waals surface area contributed by atoms with Crippen LogP contribution in [0.2, 0.25) is 0 Å². The average Bonchev–Trinajstić information content (AvgIpc) is 2.78. The van der Waals surface area contributed by atoms with Gasteiger partial charge in [-0.15, -0.1) is 0 Å². The number of aliphatic hydroxyl groups is 1. The quantitative estimate of drug-likeness (QED) is 0.754. The molecule has 0 aromatic heterocycles. The SMILES string of the molecule is Cc1ccccc1[C@H]1CCc2cc(OC3CCC(C(=O)NCCO)CC3)ccc2O1. The molecule has 5 heteroatoms. The number of amides is 1. The van der Waals surface area contributed by atoms with Gasteiger partial charge in [0.25, 0.3) is 0 Å². The van der Waals surface area contributed by atoms with Crippen molar-refractivity contribution in [2.45, 2.75) is 57.7 Å². The molecule has 0 unspecified atom stereocenters. The summed E-state index contributed by atoms with van der Waals surface area (Å²) in [5, 5.41) is 11.6. The third-order valence-electron chi connectivity index (χ3n) is 6.27. The van der Waals surface area contributed by atoms with Crippen LogP contribution < -0.4 is 14.8 Å². The summed E-state index contributed by atoms with van der Waals surface area (Å²) in [5.74, 6) is 1.93. The molecule has 1 aliphatic carbocycles. The van der Waals surface area contributed by atoms with Crippen LogP contribution in [0.25, 0.3) is 0 Å². The Labute approximate surface area is 178 Å². The van der Waals surface area contributed by atoms with Crippen LogP contribution in [0.3, 0.4) is 0 Å². The van der Waals surface area contributed by atoms with Crippen molar-refractivity contribution in [1.82, 2.24) is 5.32 Å². The van der Waals surface area contributed by atoms with Crippen LogP contribution in [0, 0.1) is 12.8 Å². The molecule has 0 radical (unpaired) electrons. The Morgan fingerprint density at radius 3 is 2.70 bits per heavy atom. The molecule has 2 N–H and O–H groups in total. The normalized spacial score (nSPS) is 23.2. The second-order valence-corrected chi connectivity index (χ2v) is 8.38. The molecule has 1 saturated carbocycles. The molecule has 0 spiro atoms. The largest absolute Gasteiger partial charge is 0.490 e. The van der Waals surface area contributed by atoms with Gasteiger partial charge in [-0.3, -0.25) is 4.79 Å². The van der Waals surface area contributed by atoms with Crippen molar-refractivity contribution in [1.29, 1.82) is 0 Å². The van der Waals surface area contributed by atoms with Gasteiger partial charge in [0, 0.05) is 12.5 Å². The molecular formula is C25H31NO4. The fraction of sp³-hybridized carbons (Fsp3) is 0.480. The molecule has 1 aliphatic heterocycles. The molecule has 5 nitrogen and oxygen atoms in total. The second kappa shape index (κ2) is 9.52. The van der Waals surface area contributed by atoms with Gasteiger partial charge in [0.1, 0.15) is 17.6 Å². The molecule has 1 fully saturated rings. The number of carbonyl (C=O) groups excluding carboxylic acids is 1. The van der Waals surface area contributed by atoms with E-state index in [1.807, 2.05) is 12.1 Å². The minimum Gasteiger partial charge on any atom is -0.490 e. The molecular weight excluding hydrogens is 378 g/mol. The van der Waals surface area contributed by atoms with Crippen LogP contribution >= 0.6 is 0 Å². The van der Waals surface area contributed by atoms with E-state index in [0.29, 0.717) is 6.54 Å². The standard InChI is InChI=1S/C25H31NO4/c1-17-4-2-3-5-22(17)24-12-8-19-16-21(11-13-23(19)30-24)29-20-9-6-18(7-10-20)25(28)26-14-15-27/h2-5,11,13,16,18,20,24,27H,6-10,12,14-15H2,1H3,(H,26,28)/t18?,20?,24-/m1/s1. The van der Waals surface area contributed by atoms with E-state index in [-0.39, 0.29) is 30.6 Å². The van der Waals surface area contributed by atoms with Crippen LogP contribution in [0.15, 0.2) is 42.5 Å². The summed E-state index contributed by atoms with van der Waals surface area (Å²) >= 11 is 0. The summed E-state index contributed by atoms with van der Waals surface area (Å²) in [6, 6.07) is 14.6. The number of carbonyl (C=O) groups is 1. The maximum atomic E-state index is 12.1. The van der Waals surface area contributed by atoms with Crippen molar-refractivity contribution in [3.63, 3.8) is 0 Å². The van der Waals surface area contributed by atoms with E-state index in [4.69, 9.17) is 14.6 Å². The number of aliphatic hydroxyl groups excluding tert-OH is 1. The number of hydrogen-bond acceptors (Lipinski definition) is 4. The van der Waals surface area contributed by atoms with E-state index in [9.17, 15) is 4.79 Å². The lowest BCUT2D eigenvalue weighted by Gasteiger charge is -2.30. The molecule has 2 aliphatic rings. The first-order valence-corrected chi connectivity index (χ1v) is 11.0. The van der Waals surface area contributed by atoms with Crippen molar-refractivity contribution in [2.24, 2.45) is 5.92 Å². The summed E-state index contributed by atoms with van der Waals surface area (Å²) in [6.07, 6.45) is 5.60. The second-order valence-electron chi connectivity index (χ2n) is 8.38. The Bertz CT molecular complexity index is 873. The van der Waals surface area contributed by atoms with E-state index in [1.165, 1.54) is 16.7 Å². The first kappa shape index (κ1) is 20.7. The predicted molar refractivity (Wildman–Crippen MR) is 116 cm³/mol. The zero-order valence-electron chi connectivity index (χ0n) is 17.6. The Kier molecular flexibility index (Phi) is 6.58. The van der Waals surface area contributed by atoms with Gasteiger partial charge in [-0.25, -0.2) is 0 Å². The molecule has 4 rings (SSSR count). The zero-order chi connectivity index (χ0) is 20.9. The fourth-order valence-electron chi connectivity index (χ4n) is 4.56. The van der Waals surface area contributed by atoms with Gasteiger partial charge in [-0.05, 0) is 80.3 Å². The Hall–Kier alpha value is -2.53. The summed E-state index contributed by atoms with van der Waals surface area (Å²) in [7, 11) is 0. The van der Waals surface area contributed by atoms with Gasteiger partial charge in [0.2, 0.25) is 5.91 Å². The number of fused-ring (bicyclic) bond motifs is 1. The number of nitrogens with one attached hydrogen (secondary N) is 1. The predicted octanol–water partition coefficient (Wildman–Crippen LogP) is 4.11. The Morgan fingerprint density at radius 1 is 1.13 bits per heavy atom. The lowest BCUT2D eigenvalue weighted by Crippen LogP contribution is -2.36. The van der Waals surface area contributed by atoms with E-state index in [0.717, 1.165) is 50.0 Å². The van der Waals surface area contributed by atoms with Gasteiger partial charge in [0.15, 0.2) is 0 Å². The fourth-order valence-corrected chi connectivity index (χ4v) is 4.56. The van der Waals surface area contributed by atoms with Crippen LogP contribution in [-0.2, 0) is 11.2 Å². The Morgan fingerprint density at radius 2 is 1.93 bits per heavy atom. The first-order valence-electron chi connectivity index (χ1n) is 11.0. The van der Waals surface area contributed by atoms with Gasteiger partial charge in [0.05, 0.1) is 12.7 Å². The highest BCUT2D eigenvalue weighted by molar-refractivity contribution is 5.78. The van der Waals surface area contributed by atoms with E-state index >= 15 is 0 Å². The number of benzene rings is 2. The van der Waals surface area contributed by atoms with Gasteiger partial charge in [-0.2, -0.15) is 0 Å². The van der Waals surface area contributed by atoms with E-state index in [1.54, 1.807) is 0 Å². The third kappa shape index (κ3) is 4.78. The highest BCUT2D eigenvalue weighted by Crippen LogP contribution is 2.38. The lowest BCUT2D eigenvalue weighted by atomic mass is 9.86. The van der Waals surface area contributed by atoms with Crippen LogP contribution in [0.1, 0.15) is 54.9 Å². The molecule has 30 heavy (non-hydrogen) atoms. The Balaban J connectivity index is 1.33. The number of aryl methyl sites for hydroxylation is 2. The van der Waals surface area contributed by atoms with Crippen LogP contribution in [0.4, 0.5) is 0 Å². The summed E-state index contributed by atoms with van der Waals surface area (Å²) in [4.78, 5) is 12.1. The number of ether oxygens (including phenoxy) is 2. The number of rotatable bonds is 6. The third-order valence-corrected chi connectivity index (χ3v) is 6.27. The van der Waals surface area contributed by atoms with Gasteiger partial charge >= 0.3 is 0 Å². The minimum absolute atomic E-state index is 0.0159. The zero-order valence-corrected chi connectivity index (χ0v) is 17.6. The van der Waals surface area contributed by atoms with Crippen molar-refractivity contribution < 1.29 is 19.4 Å². The van der Waals surface area contributed by atoms with Crippen LogP contribution in [0.5, 0.6) is 11.5 Å². The molecule has 1 heterocycles. The summed E-state index contributed by atoms with van der Waals surface area (Å²) < 4.78 is 12.5. The molecule has 2 aromatic carbocycles. The average molecular weight is 410 g/mol. The van der Waals surface area contributed by atoms with Crippen molar-refractivity contribution >= 4 is 5.91 Å². The molecule has 1 amide bonds. The molecule has 0 bridgehead atoms. The van der Waals surface area contributed by atoms with Crippen molar-refractivity contribution in [2.75, 3.05) is 13.2 Å². The topological polar surface area (TPSA) is 67.8 Å². The molecule has 2 aromatic rings. The van der Waals surface area contributed by atoms with Crippen molar-refractivity contribution in [3.05, 3.63) is 59.2 Å². The lowest BCUT2D eigenvalue weighted by molar-refractivity contribution is -0.126. The molecule has 0 saturated heterocycles. The minimum atomic E-state index is -0.0159. The van der Waals surface area contributed by atoms with E-state index in [2.05, 4.69) is 42.6 Å². The van der Waals surface area contributed by atoms with Gasteiger partial charge < -0.3 is 19.9 Å². The maximum Gasteiger partial charge on any atom is 0.223 e. The van der Waals surface area contributed by atoms with Crippen molar-refractivity contribution in [3.8, 4) is 11.5 Å². The number of hydrogen-bond donors (Lipinski definition) is 2. The monoisotopic (exact) mass is 409 g/mol. The van der Waals surface area contributed by atoms with Gasteiger partial charge in [-0.1, -0.05) is 24.3 Å². The summed E-state index contributed by atoms with van der Waals surface area (Å²) in [6.45, 7) is 2.45. The first-order chi connectivity index (χ1) is 14.6. The summed E-state index contributed by atoms with van der Waals surface area (Å²) in [5.41, 5.74) is 3.74. The molecule has 160 valence electrons. The highest BCUT2D eigenvalue weighted by atomic mass is 16.5.